The summed E-state index contributed by atoms with van der Waals surface area (Å²) in [4.78, 5) is 11.1. The minimum atomic E-state index is -0.295. The molecule has 0 saturated carbocycles. The summed E-state index contributed by atoms with van der Waals surface area (Å²) < 4.78 is 5.59. The van der Waals surface area contributed by atoms with Crippen LogP contribution in [0.5, 0.6) is 0 Å². The highest BCUT2D eigenvalue weighted by Gasteiger charge is 2.38. The van der Waals surface area contributed by atoms with Crippen molar-refractivity contribution >= 4 is 40.5 Å². The summed E-state index contributed by atoms with van der Waals surface area (Å²) in [7, 11) is 0. The van der Waals surface area contributed by atoms with Crippen LogP contribution in [0.1, 0.15) is 36.2 Å². The zero-order chi connectivity index (χ0) is 20.6. The van der Waals surface area contributed by atoms with Gasteiger partial charge in [-0.25, -0.2) is 9.97 Å². The first-order chi connectivity index (χ1) is 13.9. The number of anilines is 2. The van der Waals surface area contributed by atoms with Gasteiger partial charge >= 0.3 is 0 Å². The Balaban J connectivity index is 1.62. The number of nitrogens with one attached hydrogen (secondary N) is 1. The van der Waals surface area contributed by atoms with Crippen molar-refractivity contribution in [3.8, 4) is 0 Å². The first kappa shape index (κ1) is 20.3. The number of aliphatic hydroxyl groups excluding tert-OH is 1. The van der Waals surface area contributed by atoms with Gasteiger partial charge in [0, 0.05) is 25.3 Å². The van der Waals surface area contributed by atoms with Crippen molar-refractivity contribution in [3.63, 3.8) is 0 Å². The van der Waals surface area contributed by atoms with E-state index in [1.807, 2.05) is 0 Å². The Morgan fingerprint density at radius 2 is 2.00 bits per heavy atom. The standard InChI is InChI=1S/C20H23Cl2N5O2/c21-13-3-1-2-12(15(13)22)16(23)17-18(24)26-19(14(10-28)25-17)27-7-4-20(5-8-27)6-9-29-11-20/h1-3,23,28H,4-11H2,(H2,24,26). The number of nitrogen functional groups attached to an aromatic ring is 1. The van der Waals surface area contributed by atoms with Gasteiger partial charge in [-0.05, 0) is 30.7 Å². The maximum atomic E-state index is 9.91. The Morgan fingerprint density at radius 1 is 1.24 bits per heavy atom. The summed E-state index contributed by atoms with van der Waals surface area (Å²) in [5, 5.41) is 19.0. The minimum Gasteiger partial charge on any atom is -0.390 e. The number of hydrogen-bond acceptors (Lipinski definition) is 7. The molecule has 154 valence electrons. The van der Waals surface area contributed by atoms with E-state index < -0.39 is 0 Å². The molecule has 1 aromatic heterocycles. The molecular formula is C20H23Cl2N5O2. The molecule has 0 atom stereocenters. The van der Waals surface area contributed by atoms with E-state index in [1.165, 1.54) is 0 Å². The molecule has 2 saturated heterocycles. The van der Waals surface area contributed by atoms with Crippen molar-refractivity contribution in [3.05, 3.63) is 45.2 Å². The van der Waals surface area contributed by atoms with Crippen molar-refractivity contribution in [2.75, 3.05) is 36.9 Å². The molecule has 4 rings (SSSR count). The Kier molecular flexibility index (Phi) is 5.66. The Labute approximate surface area is 179 Å². The fourth-order valence-electron chi connectivity index (χ4n) is 4.08. The third kappa shape index (κ3) is 3.80. The highest BCUT2D eigenvalue weighted by Crippen LogP contribution is 2.40. The van der Waals surface area contributed by atoms with Gasteiger partial charge in [-0.2, -0.15) is 0 Å². The highest BCUT2D eigenvalue weighted by atomic mass is 35.5. The van der Waals surface area contributed by atoms with Gasteiger partial charge in [-0.1, -0.05) is 35.3 Å². The minimum absolute atomic E-state index is 0.0180. The summed E-state index contributed by atoms with van der Waals surface area (Å²) in [6.07, 6.45) is 3.11. The van der Waals surface area contributed by atoms with Gasteiger partial charge in [0.2, 0.25) is 0 Å². The summed E-state index contributed by atoms with van der Waals surface area (Å²) in [5.41, 5.74) is 7.45. The smallest absolute Gasteiger partial charge is 0.155 e. The van der Waals surface area contributed by atoms with E-state index in [-0.39, 0.29) is 34.3 Å². The fourth-order valence-corrected chi connectivity index (χ4v) is 4.47. The van der Waals surface area contributed by atoms with Crippen molar-refractivity contribution in [1.29, 1.82) is 5.41 Å². The van der Waals surface area contributed by atoms with Gasteiger partial charge in [-0.3, -0.25) is 5.41 Å². The number of rotatable bonds is 4. The molecule has 2 aromatic rings. The van der Waals surface area contributed by atoms with Crippen LogP contribution in [0.15, 0.2) is 18.2 Å². The molecule has 1 aromatic carbocycles. The predicted molar refractivity (Wildman–Crippen MR) is 114 cm³/mol. The van der Waals surface area contributed by atoms with E-state index in [4.69, 9.17) is 39.1 Å². The van der Waals surface area contributed by atoms with Crippen LogP contribution in [0.3, 0.4) is 0 Å². The summed E-state index contributed by atoms with van der Waals surface area (Å²) in [6, 6.07) is 5.04. The number of hydrogen-bond donors (Lipinski definition) is 3. The van der Waals surface area contributed by atoms with Crippen LogP contribution in [-0.4, -0.2) is 47.1 Å². The van der Waals surface area contributed by atoms with Gasteiger partial charge in [0.15, 0.2) is 11.6 Å². The van der Waals surface area contributed by atoms with E-state index in [0.29, 0.717) is 22.1 Å². The molecule has 0 aliphatic carbocycles. The lowest BCUT2D eigenvalue weighted by Gasteiger charge is -2.39. The molecular weight excluding hydrogens is 413 g/mol. The van der Waals surface area contributed by atoms with Gasteiger partial charge in [0.25, 0.3) is 0 Å². The average molecular weight is 436 g/mol. The van der Waals surface area contributed by atoms with Gasteiger partial charge < -0.3 is 20.5 Å². The Morgan fingerprint density at radius 3 is 2.66 bits per heavy atom. The zero-order valence-electron chi connectivity index (χ0n) is 15.9. The van der Waals surface area contributed by atoms with E-state index in [2.05, 4.69) is 14.9 Å². The quantitative estimate of drug-likeness (QED) is 0.635. The summed E-state index contributed by atoms with van der Waals surface area (Å²) in [6.45, 7) is 2.97. The Hall–Kier alpha value is -1.93. The maximum Gasteiger partial charge on any atom is 0.155 e. The molecule has 1 spiro atoms. The van der Waals surface area contributed by atoms with E-state index >= 15 is 0 Å². The molecule has 0 radical (unpaired) electrons. The van der Waals surface area contributed by atoms with Crippen LogP contribution in [-0.2, 0) is 11.3 Å². The van der Waals surface area contributed by atoms with Crippen molar-refractivity contribution < 1.29 is 9.84 Å². The zero-order valence-corrected chi connectivity index (χ0v) is 17.4. The van der Waals surface area contributed by atoms with E-state index in [1.54, 1.807) is 18.2 Å². The number of nitrogens with zero attached hydrogens (tertiary/aromatic N) is 3. The molecule has 9 heteroatoms. The number of ether oxygens (including phenoxy) is 1. The monoisotopic (exact) mass is 435 g/mol. The van der Waals surface area contributed by atoms with Crippen LogP contribution in [0, 0.1) is 10.8 Å². The lowest BCUT2D eigenvalue weighted by Crippen LogP contribution is -2.41. The van der Waals surface area contributed by atoms with Crippen molar-refractivity contribution in [2.24, 2.45) is 5.41 Å². The lowest BCUT2D eigenvalue weighted by molar-refractivity contribution is 0.133. The summed E-state index contributed by atoms with van der Waals surface area (Å²) >= 11 is 12.3. The molecule has 2 aliphatic heterocycles. The van der Waals surface area contributed by atoms with Gasteiger partial charge in [-0.15, -0.1) is 0 Å². The predicted octanol–water partition coefficient (Wildman–Crippen LogP) is 3.28. The second kappa shape index (κ2) is 8.07. The van der Waals surface area contributed by atoms with Crippen molar-refractivity contribution in [2.45, 2.75) is 25.9 Å². The molecule has 0 amide bonds. The average Bonchev–Trinajstić information content (AvgIpc) is 3.18. The third-order valence-corrected chi connectivity index (χ3v) is 6.71. The highest BCUT2D eigenvalue weighted by molar-refractivity contribution is 6.44. The van der Waals surface area contributed by atoms with Crippen LogP contribution >= 0.6 is 23.2 Å². The molecule has 2 fully saturated rings. The van der Waals surface area contributed by atoms with E-state index in [0.717, 1.165) is 45.6 Å². The number of halogens is 2. The van der Waals surface area contributed by atoms with Crippen LogP contribution in [0.2, 0.25) is 10.0 Å². The number of nitrogens with two attached hydrogens (primary N) is 1. The number of piperidine rings is 1. The van der Waals surface area contributed by atoms with Crippen LogP contribution < -0.4 is 10.6 Å². The maximum absolute atomic E-state index is 9.91. The number of aliphatic hydroxyl groups is 1. The largest absolute Gasteiger partial charge is 0.390 e. The molecule has 4 N–H and O–H groups in total. The molecule has 0 unspecified atom stereocenters. The second-order valence-corrected chi connectivity index (χ2v) is 8.44. The fraction of sp³-hybridized carbons (Fsp3) is 0.450. The first-order valence-corrected chi connectivity index (χ1v) is 10.3. The molecule has 3 heterocycles. The number of aromatic nitrogens is 2. The third-order valence-electron chi connectivity index (χ3n) is 5.89. The van der Waals surface area contributed by atoms with Gasteiger partial charge in [0.1, 0.15) is 11.4 Å². The Bertz CT molecular complexity index is 937. The molecule has 7 nitrogen and oxygen atoms in total. The van der Waals surface area contributed by atoms with E-state index in [9.17, 15) is 5.11 Å². The summed E-state index contributed by atoms with van der Waals surface area (Å²) in [5.74, 6) is 0.704. The lowest BCUT2D eigenvalue weighted by atomic mass is 9.78. The number of benzene rings is 1. The second-order valence-electron chi connectivity index (χ2n) is 7.65. The topological polar surface area (TPSA) is 108 Å². The van der Waals surface area contributed by atoms with Gasteiger partial charge in [0.05, 0.1) is 29.0 Å². The SMILES string of the molecule is N=C(c1cccc(Cl)c1Cl)c1nc(CO)c(N2CCC3(CCOC3)CC2)nc1N. The van der Waals surface area contributed by atoms with Crippen molar-refractivity contribution in [1.82, 2.24) is 9.97 Å². The first-order valence-electron chi connectivity index (χ1n) is 9.57. The normalized spacial score (nSPS) is 18.4. The van der Waals surface area contributed by atoms with Crippen LogP contribution in [0.25, 0.3) is 0 Å². The molecule has 29 heavy (non-hydrogen) atoms. The molecule has 2 aliphatic rings. The van der Waals surface area contributed by atoms with Crippen LogP contribution in [0.4, 0.5) is 11.6 Å². The molecule has 0 bridgehead atoms.